The molecule has 0 radical (unpaired) electrons. The number of nitrogens with zero attached hydrogens (tertiary/aromatic N) is 2. The molecular weight excluding hydrogens is 278 g/mol. The Morgan fingerprint density at radius 2 is 2.14 bits per heavy atom. The molecule has 22 heavy (non-hydrogen) atoms. The van der Waals surface area contributed by atoms with Crippen LogP contribution in [0.1, 0.15) is 18.9 Å². The van der Waals surface area contributed by atoms with Gasteiger partial charge in [0.15, 0.2) is 0 Å². The smallest absolute Gasteiger partial charge is 0.222 e. The van der Waals surface area contributed by atoms with Crippen LogP contribution in [0.25, 0.3) is 0 Å². The van der Waals surface area contributed by atoms with Gasteiger partial charge >= 0.3 is 0 Å². The van der Waals surface area contributed by atoms with E-state index in [0.717, 1.165) is 44.0 Å². The number of para-hydroxylation sites is 1. The van der Waals surface area contributed by atoms with Crippen LogP contribution in [0.4, 0.5) is 5.69 Å². The van der Waals surface area contributed by atoms with Crippen molar-refractivity contribution in [3.8, 4) is 0 Å². The van der Waals surface area contributed by atoms with Crippen LogP contribution < -0.4 is 5.73 Å². The molecule has 1 saturated heterocycles. The molecule has 0 bridgehead atoms. The number of carbonyl (C=O) groups excluding carboxylic acids is 1. The monoisotopic (exact) mass is 305 g/mol. The van der Waals surface area contributed by atoms with Gasteiger partial charge in [0, 0.05) is 51.4 Å². The molecule has 122 valence electrons. The molecule has 0 aliphatic carbocycles. The van der Waals surface area contributed by atoms with E-state index in [0.29, 0.717) is 18.9 Å². The Morgan fingerprint density at radius 3 is 2.82 bits per heavy atom. The topological polar surface area (TPSA) is 58.8 Å². The number of methoxy groups -OCH3 is 1. The van der Waals surface area contributed by atoms with Crippen LogP contribution in [0.2, 0.25) is 0 Å². The van der Waals surface area contributed by atoms with Gasteiger partial charge in [-0.25, -0.2) is 0 Å². The minimum absolute atomic E-state index is 0.224. The van der Waals surface area contributed by atoms with Crippen molar-refractivity contribution in [2.24, 2.45) is 0 Å². The number of carbonyl (C=O) groups is 1. The van der Waals surface area contributed by atoms with E-state index in [2.05, 4.69) is 11.8 Å². The van der Waals surface area contributed by atoms with E-state index in [1.54, 1.807) is 7.11 Å². The van der Waals surface area contributed by atoms with Crippen molar-refractivity contribution in [1.29, 1.82) is 0 Å². The quantitative estimate of drug-likeness (QED) is 0.807. The lowest BCUT2D eigenvalue weighted by Crippen LogP contribution is -2.54. The maximum Gasteiger partial charge on any atom is 0.222 e. The molecule has 1 atom stereocenters. The summed E-state index contributed by atoms with van der Waals surface area (Å²) in [6.45, 7) is 6.36. The van der Waals surface area contributed by atoms with Gasteiger partial charge in [-0.05, 0) is 25.0 Å². The van der Waals surface area contributed by atoms with Gasteiger partial charge in [-0.15, -0.1) is 0 Å². The number of hydrogen-bond donors (Lipinski definition) is 1. The predicted octanol–water partition coefficient (Wildman–Crippen LogP) is 1.38. The van der Waals surface area contributed by atoms with E-state index < -0.39 is 0 Å². The van der Waals surface area contributed by atoms with Crippen LogP contribution in [-0.2, 0) is 16.0 Å². The minimum Gasteiger partial charge on any atom is -0.399 e. The first-order chi connectivity index (χ1) is 10.6. The van der Waals surface area contributed by atoms with E-state index in [1.165, 1.54) is 0 Å². The van der Waals surface area contributed by atoms with E-state index in [-0.39, 0.29) is 5.91 Å². The SMILES string of the molecule is COCCN1CCN(C(=O)CCc2ccccc2N)CC1C. The van der Waals surface area contributed by atoms with Crippen LogP contribution >= 0.6 is 0 Å². The number of rotatable bonds is 6. The highest BCUT2D eigenvalue weighted by Gasteiger charge is 2.26. The fraction of sp³-hybridized carbons (Fsp3) is 0.588. The number of aryl methyl sites for hydroxylation is 1. The summed E-state index contributed by atoms with van der Waals surface area (Å²) in [5.41, 5.74) is 7.76. The summed E-state index contributed by atoms with van der Waals surface area (Å²) in [6, 6.07) is 8.15. The van der Waals surface area contributed by atoms with Gasteiger partial charge in [-0.1, -0.05) is 18.2 Å². The number of hydrogen-bond acceptors (Lipinski definition) is 4. The van der Waals surface area contributed by atoms with Gasteiger partial charge in [0.25, 0.3) is 0 Å². The van der Waals surface area contributed by atoms with Crippen LogP contribution in [0, 0.1) is 0 Å². The fourth-order valence-electron chi connectivity index (χ4n) is 2.92. The van der Waals surface area contributed by atoms with Gasteiger partial charge in [-0.2, -0.15) is 0 Å². The highest BCUT2D eigenvalue weighted by atomic mass is 16.5. The van der Waals surface area contributed by atoms with Crippen molar-refractivity contribution in [1.82, 2.24) is 9.80 Å². The number of benzene rings is 1. The molecule has 1 aliphatic heterocycles. The molecule has 1 aliphatic rings. The largest absolute Gasteiger partial charge is 0.399 e. The van der Waals surface area contributed by atoms with Crippen molar-refractivity contribution in [2.75, 3.05) is 45.6 Å². The molecule has 0 saturated carbocycles. The lowest BCUT2D eigenvalue weighted by atomic mass is 10.1. The number of ether oxygens (including phenoxy) is 1. The summed E-state index contributed by atoms with van der Waals surface area (Å²) in [4.78, 5) is 16.7. The zero-order valence-corrected chi connectivity index (χ0v) is 13.6. The van der Waals surface area contributed by atoms with Crippen LogP contribution in [0.15, 0.2) is 24.3 Å². The Bertz CT molecular complexity index is 493. The molecule has 5 heteroatoms. The lowest BCUT2D eigenvalue weighted by Gasteiger charge is -2.39. The number of nitrogens with two attached hydrogens (primary N) is 1. The molecule has 0 aromatic heterocycles. The second kappa shape index (κ2) is 8.15. The Morgan fingerprint density at radius 1 is 1.36 bits per heavy atom. The molecule has 2 rings (SSSR count). The standard InChI is InChI=1S/C17H27N3O2/c1-14-13-20(10-9-19(14)11-12-22-2)17(21)8-7-15-5-3-4-6-16(15)18/h3-6,14H,7-13,18H2,1-2H3. The van der Waals surface area contributed by atoms with Crippen molar-refractivity contribution in [3.63, 3.8) is 0 Å². The highest BCUT2D eigenvalue weighted by Crippen LogP contribution is 2.15. The molecule has 1 amide bonds. The zero-order valence-electron chi connectivity index (χ0n) is 13.6. The van der Waals surface area contributed by atoms with Gasteiger partial charge in [0.2, 0.25) is 5.91 Å². The second-order valence-corrected chi connectivity index (χ2v) is 5.92. The van der Waals surface area contributed by atoms with Crippen molar-refractivity contribution < 1.29 is 9.53 Å². The van der Waals surface area contributed by atoms with Crippen molar-refractivity contribution in [3.05, 3.63) is 29.8 Å². The number of nitrogen functional groups attached to an aromatic ring is 1. The Balaban J connectivity index is 1.80. The molecule has 2 N–H and O–H groups in total. The first-order valence-corrected chi connectivity index (χ1v) is 7.96. The summed E-state index contributed by atoms with van der Waals surface area (Å²) in [6.07, 6.45) is 1.24. The summed E-state index contributed by atoms with van der Waals surface area (Å²) >= 11 is 0. The van der Waals surface area contributed by atoms with Gasteiger partial charge in [-0.3, -0.25) is 9.69 Å². The molecule has 0 spiro atoms. The molecule has 1 unspecified atom stereocenters. The predicted molar refractivity (Wildman–Crippen MR) is 88.7 cm³/mol. The Labute approximate surface area is 133 Å². The molecule has 1 heterocycles. The Hall–Kier alpha value is -1.59. The van der Waals surface area contributed by atoms with Crippen molar-refractivity contribution >= 4 is 11.6 Å². The van der Waals surface area contributed by atoms with Crippen LogP contribution in [-0.4, -0.2) is 61.6 Å². The molecule has 1 fully saturated rings. The third-order valence-corrected chi connectivity index (χ3v) is 4.36. The van der Waals surface area contributed by atoms with E-state index in [1.807, 2.05) is 29.2 Å². The molecular formula is C17H27N3O2. The highest BCUT2D eigenvalue weighted by molar-refractivity contribution is 5.77. The lowest BCUT2D eigenvalue weighted by molar-refractivity contribution is -0.134. The van der Waals surface area contributed by atoms with Gasteiger partial charge < -0.3 is 15.4 Å². The fourth-order valence-corrected chi connectivity index (χ4v) is 2.92. The van der Waals surface area contributed by atoms with E-state index >= 15 is 0 Å². The first kappa shape index (κ1) is 16.8. The number of piperazine rings is 1. The van der Waals surface area contributed by atoms with Crippen molar-refractivity contribution in [2.45, 2.75) is 25.8 Å². The zero-order chi connectivity index (χ0) is 15.9. The maximum atomic E-state index is 12.4. The average Bonchev–Trinajstić information content (AvgIpc) is 2.52. The summed E-state index contributed by atoms with van der Waals surface area (Å²) in [7, 11) is 1.72. The summed E-state index contributed by atoms with van der Waals surface area (Å²) in [5.74, 6) is 0.224. The normalized spacial score (nSPS) is 19.4. The minimum atomic E-state index is 0.224. The third-order valence-electron chi connectivity index (χ3n) is 4.36. The number of amides is 1. The second-order valence-electron chi connectivity index (χ2n) is 5.92. The Kier molecular flexibility index (Phi) is 6.21. The van der Waals surface area contributed by atoms with E-state index in [9.17, 15) is 4.79 Å². The molecule has 1 aromatic carbocycles. The number of anilines is 1. The first-order valence-electron chi connectivity index (χ1n) is 7.96. The van der Waals surface area contributed by atoms with E-state index in [4.69, 9.17) is 10.5 Å². The van der Waals surface area contributed by atoms with Crippen LogP contribution in [0.3, 0.4) is 0 Å². The molecule has 5 nitrogen and oxygen atoms in total. The van der Waals surface area contributed by atoms with Gasteiger partial charge in [0.05, 0.1) is 6.61 Å². The molecule has 1 aromatic rings. The maximum absolute atomic E-state index is 12.4. The summed E-state index contributed by atoms with van der Waals surface area (Å²) < 4.78 is 5.13. The average molecular weight is 305 g/mol. The van der Waals surface area contributed by atoms with Crippen LogP contribution in [0.5, 0.6) is 0 Å². The third kappa shape index (κ3) is 4.45. The summed E-state index contributed by atoms with van der Waals surface area (Å²) in [5, 5.41) is 0. The van der Waals surface area contributed by atoms with Gasteiger partial charge in [0.1, 0.15) is 0 Å².